The first-order valence-corrected chi connectivity index (χ1v) is 13.7. The number of aromatic nitrogens is 2. The van der Waals surface area contributed by atoms with Gasteiger partial charge in [-0.1, -0.05) is 12.1 Å². The lowest BCUT2D eigenvalue weighted by Crippen LogP contribution is -2.52. The Labute approximate surface area is 232 Å². The van der Waals surface area contributed by atoms with Crippen molar-refractivity contribution < 1.29 is 14.0 Å². The molecular formula is C29H33FN8O2. The minimum atomic E-state index is -0.564. The molecule has 0 radical (unpaired) electrons. The van der Waals surface area contributed by atoms with E-state index >= 15 is 4.39 Å². The number of likely N-dealkylation sites (tertiary alicyclic amines) is 1. The van der Waals surface area contributed by atoms with Crippen molar-refractivity contribution in [3.8, 4) is 0 Å². The van der Waals surface area contributed by atoms with Crippen molar-refractivity contribution >= 4 is 40.6 Å². The number of hydrogen-bond acceptors (Lipinski definition) is 8. The molecule has 0 atom stereocenters. The van der Waals surface area contributed by atoms with Crippen molar-refractivity contribution in [1.29, 1.82) is 0 Å². The highest BCUT2D eigenvalue weighted by Gasteiger charge is 2.30. The van der Waals surface area contributed by atoms with E-state index in [0.29, 0.717) is 47.5 Å². The number of piperidine rings is 1. The van der Waals surface area contributed by atoms with E-state index in [1.54, 1.807) is 31.4 Å². The monoisotopic (exact) mass is 544 g/mol. The van der Waals surface area contributed by atoms with Crippen LogP contribution in [0.2, 0.25) is 0 Å². The van der Waals surface area contributed by atoms with Gasteiger partial charge >= 0.3 is 0 Å². The average Bonchev–Trinajstić information content (AvgIpc) is 3.08. The Hall–Kier alpha value is -4.09. The van der Waals surface area contributed by atoms with Gasteiger partial charge in [0.15, 0.2) is 5.82 Å². The van der Waals surface area contributed by atoms with Gasteiger partial charge in [0.25, 0.3) is 11.8 Å². The summed E-state index contributed by atoms with van der Waals surface area (Å²) < 4.78 is 15.2. The molecule has 3 aliphatic heterocycles. The maximum absolute atomic E-state index is 15.2. The molecule has 208 valence electrons. The smallest absolute Gasteiger partial charge is 0.260 e. The SMILES string of the molecule is CN1C(=O)c2ccccc2N(C)c2nc(Nc3ccc(C(=O)N4CCC(N5CCNCC5)CC4)cc3F)ncc21. The van der Waals surface area contributed by atoms with Gasteiger partial charge in [0.05, 0.1) is 23.1 Å². The Kier molecular flexibility index (Phi) is 7.07. The van der Waals surface area contributed by atoms with E-state index in [1.807, 2.05) is 35.0 Å². The number of nitrogens with one attached hydrogen (secondary N) is 2. The fourth-order valence-electron chi connectivity index (χ4n) is 5.80. The minimum absolute atomic E-state index is 0.154. The lowest BCUT2D eigenvalue weighted by Gasteiger charge is -2.40. The predicted molar refractivity (Wildman–Crippen MR) is 152 cm³/mol. The van der Waals surface area contributed by atoms with Gasteiger partial charge in [0.1, 0.15) is 11.5 Å². The van der Waals surface area contributed by atoms with E-state index in [4.69, 9.17) is 0 Å². The summed E-state index contributed by atoms with van der Waals surface area (Å²) in [6.45, 7) is 5.46. The van der Waals surface area contributed by atoms with Crippen LogP contribution in [-0.2, 0) is 0 Å². The Morgan fingerprint density at radius 2 is 1.75 bits per heavy atom. The molecule has 4 heterocycles. The van der Waals surface area contributed by atoms with E-state index in [0.717, 1.165) is 39.0 Å². The fourth-order valence-corrected chi connectivity index (χ4v) is 5.80. The first-order chi connectivity index (χ1) is 19.4. The van der Waals surface area contributed by atoms with Gasteiger partial charge in [-0.3, -0.25) is 14.5 Å². The molecule has 0 spiro atoms. The third kappa shape index (κ3) is 4.86. The van der Waals surface area contributed by atoms with Gasteiger partial charge < -0.3 is 25.3 Å². The number of para-hydroxylation sites is 1. The van der Waals surface area contributed by atoms with Crippen LogP contribution in [0.5, 0.6) is 0 Å². The Balaban J connectivity index is 1.16. The molecule has 2 amide bonds. The van der Waals surface area contributed by atoms with Crippen LogP contribution in [0.4, 0.5) is 33.2 Å². The molecule has 2 fully saturated rings. The third-order valence-corrected chi connectivity index (χ3v) is 8.11. The molecule has 2 saturated heterocycles. The van der Waals surface area contributed by atoms with Crippen molar-refractivity contribution in [3.63, 3.8) is 0 Å². The number of fused-ring (bicyclic) bond motifs is 2. The van der Waals surface area contributed by atoms with E-state index in [-0.39, 0.29) is 23.5 Å². The number of amides is 2. The molecule has 0 saturated carbocycles. The van der Waals surface area contributed by atoms with E-state index < -0.39 is 5.82 Å². The molecule has 0 bridgehead atoms. The summed E-state index contributed by atoms with van der Waals surface area (Å²) in [4.78, 5) is 42.8. The number of carbonyl (C=O) groups is 2. The lowest BCUT2D eigenvalue weighted by atomic mass is 10.0. The zero-order chi connectivity index (χ0) is 27.8. The molecule has 0 aliphatic carbocycles. The number of halogens is 1. The molecule has 2 N–H and O–H groups in total. The van der Waals surface area contributed by atoms with Crippen LogP contribution in [0, 0.1) is 5.82 Å². The van der Waals surface area contributed by atoms with Crippen LogP contribution >= 0.6 is 0 Å². The van der Waals surface area contributed by atoms with Gasteiger partial charge in [-0.25, -0.2) is 9.37 Å². The number of nitrogens with zero attached hydrogens (tertiary/aromatic N) is 6. The van der Waals surface area contributed by atoms with Gasteiger partial charge in [0.2, 0.25) is 5.95 Å². The molecule has 10 nitrogen and oxygen atoms in total. The zero-order valence-electron chi connectivity index (χ0n) is 22.7. The molecule has 6 rings (SSSR count). The number of rotatable bonds is 4. The van der Waals surface area contributed by atoms with Crippen LogP contribution in [0.1, 0.15) is 33.6 Å². The summed E-state index contributed by atoms with van der Waals surface area (Å²) in [6, 6.07) is 12.3. The minimum Gasteiger partial charge on any atom is -0.339 e. The molecule has 3 aromatic rings. The molecule has 1 aromatic heterocycles. The van der Waals surface area contributed by atoms with Crippen molar-refractivity contribution in [1.82, 2.24) is 25.1 Å². The maximum Gasteiger partial charge on any atom is 0.260 e. The van der Waals surface area contributed by atoms with Crippen molar-refractivity contribution in [3.05, 3.63) is 65.6 Å². The summed E-state index contributed by atoms with van der Waals surface area (Å²) in [7, 11) is 3.50. The highest BCUT2D eigenvalue weighted by atomic mass is 19.1. The topological polar surface area (TPSA) is 96.9 Å². The quantitative estimate of drug-likeness (QED) is 0.517. The predicted octanol–water partition coefficient (Wildman–Crippen LogP) is 3.23. The van der Waals surface area contributed by atoms with Crippen LogP contribution in [0.25, 0.3) is 0 Å². The number of carbonyl (C=O) groups excluding carboxylic acids is 2. The standard InChI is InChI=1S/C29H33FN8O2/c1-35-24-6-4-3-5-21(24)28(40)36(2)25-18-32-29(34-26(25)35)33-23-8-7-19(17-22(23)30)27(39)38-13-9-20(10-14-38)37-15-11-31-12-16-37/h3-8,17-18,20,31H,9-16H2,1-2H3,(H,32,33,34). The molecule has 11 heteroatoms. The second kappa shape index (κ2) is 10.8. The number of benzene rings is 2. The highest BCUT2D eigenvalue weighted by Crippen LogP contribution is 2.38. The van der Waals surface area contributed by atoms with E-state index in [1.165, 1.54) is 11.0 Å². The number of anilines is 5. The van der Waals surface area contributed by atoms with Crippen LogP contribution in [0.15, 0.2) is 48.7 Å². The average molecular weight is 545 g/mol. The maximum atomic E-state index is 15.2. The molecule has 3 aliphatic rings. The Morgan fingerprint density at radius 3 is 2.50 bits per heavy atom. The summed E-state index contributed by atoms with van der Waals surface area (Å²) in [5, 5.41) is 6.32. The van der Waals surface area contributed by atoms with Crippen LogP contribution in [0.3, 0.4) is 0 Å². The van der Waals surface area contributed by atoms with Gasteiger partial charge in [-0.2, -0.15) is 4.98 Å². The number of piperazine rings is 1. The summed E-state index contributed by atoms with van der Waals surface area (Å²) in [5.41, 5.74) is 2.29. The molecular weight excluding hydrogens is 511 g/mol. The van der Waals surface area contributed by atoms with E-state index in [2.05, 4.69) is 25.5 Å². The van der Waals surface area contributed by atoms with Gasteiger partial charge in [0, 0.05) is 65.0 Å². The largest absolute Gasteiger partial charge is 0.339 e. The molecule has 2 aromatic carbocycles. The second-order valence-electron chi connectivity index (χ2n) is 10.5. The van der Waals surface area contributed by atoms with Crippen molar-refractivity contribution in [2.45, 2.75) is 18.9 Å². The summed E-state index contributed by atoms with van der Waals surface area (Å²) >= 11 is 0. The normalized spacial score (nSPS) is 18.3. The summed E-state index contributed by atoms with van der Waals surface area (Å²) in [5.74, 6) is -0.192. The Bertz CT molecular complexity index is 1440. The highest BCUT2D eigenvalue weighted by molar-refractivity contribution is 6.13. The van der Waals surface area contributed by atoms with E-state index in [9.17, 15) is 9.59 Å². The van der Waals surface area contributed by atoms with Gasteiger partial charge in [-0.05, 0) is 43.2 Å². The first-order valence-electron chi connectivity index (χ1n) is 13.7. The fraction of sp³-hybridized carbons (Fsp3) is 0.379. The number of hydrogen-bond donors (Lipinski definition) is 2. The molecule has 0 unspecified atom stereocenters. The van der Waals surface area contributed by atoms with Crippen molar-refractivity contribution in [2.24, 2.45) is 0 Å². The first kappa shape index (κ1) is 26.1. The third-order valence-electron chi connectivity index (χ3n) is 8.11. The zero-order valence-corrected chi connectivity index (χ0v) is 22.7. The molecule has 40 heavy (non-hydrogen) atoms. The van der Waals surface area contributed by atoms with Crippen LogP contribution < -0.4 is 20.4 Å². The van der Waals surface area contributed by atoms with Gasteiger partial charge in [-0.15, -0.1) is 0 Å². The van der Waals surface area contributed by atoms with Crippen LogP contribution in [-0.4, -0.2) is 91.0 Å². The van der Waals surface area contributed by atoms with Crippen molar-refractivity contribution in [2.75, 3.05) is 68.5 Å². The second-order valence-corrected chi connectivity index (χ2v) is 10.5. The Morgan fingerprint density at radius 1 is 1.00 bits per heavy atom. The lowest BCUT2D eigenvalue weighted by molar-refractivity contribution is 0.0601. The summed E-state index contributed by atoms with van der Waals surface area (Å²) in [6.07, 6.45) is 3.41.